The molecule has 0 aromatic heterocycles. The molecule has 1 N–H and O–H groups in total. The van der Waals surface area contributed by atoms with Gasteiger partial charge in [-0.2, -0.15) is 4.31 Å². The molecule has 0 atom stereocenters. The van der Waals surface area contributed by atoms with Crippen molar-refractivity contribution in [2.45, 2.75) is 30.7 Å². The van der Waals surface area contributed by atoms with E-state index >= 15 is 0 Å². The second-order valence-corrected chi connectivity index (χ2v) is 7.35. The Bertz CT molecular complexity index is 655. The van der Waals surface area contributed by atoms with Crippen LogP contribution in [-0.2, 0) is 14.8 Å². The molecule has 1 aromatic rings. The van der Waals surface area contributed by atoms with Crippen LogP contribution in [0.15, 0.2) is 23.1 Å². The van der Waals surface area contributed by atoms with Crippen molar-refractivity contribution in [3.05, 3.63) is 29.3 Å². The molecule has 1 fully saturated rings. The zero-order chi connectivity index (χ0) is 16.3. The van der Waals surface area contributed by atoms with Crippen LogP contribution in [0.5, 0.6) is 0 Å². The molecule has 0 saturated carbocycles. The lowest BCUT2D eigenvalue weighted by Gasteiger charge is -2.31. The van der Waals surface area contributed by atoms with Gasteiger partial charge in [0.2, 0.25) is 10.0 Å². The van der Waals surface area contributed by atoms with Crippen molar-refractivity contribution >= 4 is 28.4 Å². The number of halogens is 1. The first kappa shape index (κ1) is 19.9. The van der Waals surface area contributed by atoms with Gasteiger partial charge in [-0.25, -0.2) is 13.2 Å². The molecule has 8 heteroatoms. The van der Waals surface area contributed by atoms with Crippen LogP contribution in [0.3, 0.4) is 0 Å². The van der Waals surface area contributed by atoms with E-state index in [1.807, 2.05) is 7.05 Å². The Kier molecular flexibility index (Phi) is 7.01. The topological polar surface area (TPSA) is 75.7 Å². The van der Waals surface area contributed by atoms with Gasteiger partial charge >= 0.3 is 5.97 Å². The Labute approximate surface area is 143 Å². The van der Waals surface area contributed by atoms with Gasteiger partial charge in [0, 0.05) is 19.1 Å². The minimum absolute atomic E-state index is 0. The highest BCUT2D eigenvalue weighted by molar-refractivity contribution is 7.89. The fourth-order valence-corrected chi connectivity index (χ4v) is 4.37. The van der Waals surface area contributed by atoms with Gasteiger partial charge < -0.3 is 10.1 Å². The van der Waals surface area contributed by atoms with Crippen molar-refractivity contribution in [3.8, 4) is 0 Å². The van der Waals surface area contributed by atoms with E-state index < -0.39 is 16.0 Å². The lowest BCUT2D eigenvalue weighted by atomic mass is 10.1. The minimum atomic E-state index is -3.59. The molecule has 0 aliphatic carbocycles. The van der Waals surface area contributed by atoms with Gasteiger partial charge in [-0.05, 0) is 44.5 Å². The van der Waals surface area contributed by atoms with Crippen molar-refractivity contribution in [1.29, 1.82) is 0 Å². The molecule has 1 saturated heterocycles. The number of methoxy groups -OCH3 is 1. The average molecular weight is 363 g/mol. The van der Waals surface area contributed by atoms with E-state index in [0.29, 0.717) is 24.7 Å². The number of carbonyl (C=O) groups excluding carboxylic acids is 1. The maximum Gasteiger partial charge on any atom is 0.337 e. The monoisotopic (exact) mass is 362 g/mol. The summed E-state index contributed by atoms with van der Waals surface area (Å²) in [7, 11) is -0.426. The lowest BCUT2D eigenvalue weighted by Crippen LogP contribution is -2.44. The minimum Gasteiger partial charge on any atom is -0.465 e. The van der Waals surface area contributed by atoms with Crippen LogP contribution in [0.4, 0.5) is 0 Å². The predicted octanol–water partition coefficient (Wildman–Crippen LogP) is 1.58. The normalized spacial score (nSPS) is 16.7. The molecule has 0 unspecified atom stereocenters. The van der Waals surface area contributed by atoms with Gasteiger partial charge in [-0.3, -0.25) is 0 Å². The van der Waals surface area contributed by atoms with E-state index in [-0.39, 0.29) is 22.9 Å². The Hall–Kier alpha value is -1.15. The van der Waals surface area contributed by atoms with E-state index in [1.165, 1.54) is 17.5 Å². The standard InChI is InChI=1S/C15H22N2O4S.ClH/c1-11-4-5-12(15(18)21-3)10-14(11)22(19,20)17-8-6-13(16-2)7-9-17;/h4-5,10,13,16H,6-9H2,1-3H3;1H. The molecule has 0 radical (unpaired) electrons. The molecule has 0 amide bonds. The number of carbonyl (C=O) groups is 1. The predicted molar refractivity (Wildman–Crippen MR) is 90.6 cm³/mol. The van der Waals surface area contributed by atoms with E-state index in [4.69, 9.17) is 0 Å². The van der Waals surface area contributed by atoms with Crippen molar-refractivity contribution < 1.29 is 17.9 Å². The van der Waals surface area contributed by atoms with E-state index in [9.17, 15) is 13.2 Å². The first-order valence-corrected chi connectivity index (χ1v) is 8.70. The number of esters is 1. The zero-order valence-corrected chi connectivity index (χ0v) is 15.2. The summed E-state index contributed by atoms with van der Waals surface area (Å²) < 4.78 is 31.8. The number of sulfonamides is 1. The summed E-state index contributed by atoms with van der Waals surface area (Å²) in [4.78, 5) is 11.8. The number of hydrogen-bond acceptors (Lipinski definition) is 5. The summed E-state index contributed by atoms with van der Waals surface area (Å²) in [6.45, 7) is 2.69. The number of benzene rings is 1. The van der Waals surface area contributed by atoms with Gasteiger partial charge in [-0.1, -0.05) is 6.07 Å². The summed E-state index contributed by atoms with van der Waals surface area (Å²) in [6.07, 6.45) is 1.57. The molecule has 23 heavy (non-hydrogen) atoms. The highest BCUT2D eigenvalue weighted by Gasteiger charge is 2.30. The molecule has 1 heterocycles. The van der Waals surface area contributed by atoms with Gasteiger partial charge in [0.1, 0.15) is 0 Å². The third kappa shape index (κ3) is 4.23. The van der Waals surface area contributed by atoms with E-state index in [0.717, 1.165) is 12.8 Å². The maximum absolute atomic E-state index is 12.8. The van der Waals surface area contributed by atoms with Gasteiger partial charge in [-0.15, -0.1) is 12.4 Å². The van der Waals surface area contributed by atoms with E-state index in [2.05, 4.69) is 10.1 Å². The number of hydrogen-bond donors (Lipinski definition) is 1. The average Bonchev–Trinajstić information content (AvgIpc) is 2.54. The fraction of sp³-hybridized carbons (Fsp3) is 0.533. The number of piperidine rings is 1. The van der Waals surface area contributed by atoms with Crippen LogP contribution in [0.2, 0.25) is 0 Å². The number of rotatable bonds is 4. The Morgan fingerprint density at radius 1 is 1.30 bits per heavy atom. The van der Waals surface area contributed by atoms with Crippen molar-refractivity contribution in [2.24, 2.45) is 0 Å². The number of nitrogens with one attached hydrogen (secondary N) is 1. The van der Waals surface area contributed by atoms with Crippen LogP contribution in [0.25, 0.3) is 0 Å². The van der Waals surface area contributed by atoms with Crippen molar-refractivity contribution in [3.63, 3.8) is 0 Å². The third-order valence-corrected chi connectivity index (χ3v) is 6.13. The molecular formula is C15H23ClN2O4S. The van der Waals surface area contributed by atoms with Gasteiger partial charge in [0.25, 0.3) is 0 Å². The molecule has 1 aliphatic heterocycles. The Morgan fingerprint density at radius 2 is 1.91 bits per heavy atom. The van der Waals surface area contributed by atoms with Crippen molar-refractivity contribution in [2.75, 3.05) is 27.2 Å². The summed E-state index contributed by atoms with van der Waals surface area (Å²) in [5, 5.41) is 3.18. The molecule has 6 nitrogen and oxygen atoms in total. The van der Waals surface area contributed by atoms with Crippen molar-refractivity contribution in [1.82, 2.24) is 9.62 Å². The first-order valence-electron chi connectivity index (χ1n) is 7.26. The SMILES string of the molecule is CNC1CCN(S(=O)(=O)c2cc(C(=O)OC)ccc2C)CC1.Cl. The third-order valence-electron chi connectivity index (χ3n) is 4.09. The van der Waals surface area contributed by atoms with E-state index in [1.54, 1.807) is 19.1 Å². The molecule has 0 bridgehead atoms. The molecule has 130 valence electrons. The van der Waals surface area contributed by atoms with Crippen LogP contribution in [0, 0.1) is 6.92 Å². The largest absolute Gasteiger partial charge is 0.465 e. The van der Waals surface area contributed by atoms with Gasteiger partial charge in [0.05, 0.1) is 17.6 Å². The Balaban J connectivity index is 0.00000264. The lowest BCUT2D eigenvalue weighted by molar-refractivity contribution is 0.0600. The quantitative estimate of drug-likeness (QED) is 0.823. The number of aryl methyl sites for hydroxylation is 1. The molecule has 1 aliphatic rings. The smallest absolute Gasteiger partial charge is 0.337 e. The number of ether oxygens (including phenoxy) is 1. The highest BCUT2D eigenvalue weighted by atomic mass is 35.5. The van der Waals surface area contributed by atoms with Crippen LogP contribution >= 0.6 is 12.4 Å². The maximum atomic E-state index is 12.8. The van der Waals surface area contributed by atoms with Crippen LogP contribution in [-0.4, -0.2) is 52.0 Å². The summed E-state index contributed by atoms with van der Waals surface area (Å²) in [5.74, 6) is -0.537. The molecular weight excluding hydrogens is 340 g/mol. The summed E-state index contributed by atoms with van der Waals surface area (Å²) in [5.41, 5.74) is 0.875. The van der Waals surface area contributed by atoms with Crippen LogP contribution < -0.4 is 5.32 Å². The molecule has 2 rings (SSSR count). The zero-order valence-electron chi connectivity index (χ0n) is 13.5. The second-order valence-electron chi connectivity index (χ2n) is 5.44. The number of nitrogens with zero attached hydrogens (tertiary/aromatic N) is 1. The van der Waals surface area contributed by atoms with Crippen LogP contribution in [0.1, 0.15) is 28.8 Å². The molecule has 0 spiro atoms. The summed E-state index contributed by atoms with van der Waals surface area (Å²) in [6, 6.07) is 4.97. The molecule has 1 aromatic carbocycles. The highest BCUT2D eigenvalue weighted by Crippen LogP contribution is 2.24. The Morgan fingerprint density at radius 3 is 2.43 bits per heavy atom. The fourth-order valence-electron chi connectivity index (χ4n) is 2.65. The first-order chi connectivity index (χ1) is 10.4. The summed E-state index contributed by atoms with van der Waals surface area (Å²) >= 11 is 0. The van der Waals surface area contributed by atoms with Gasteiger partial charge in [0.15, 0.2) is 0 Å². The second kappa shape index (κ2) is 8.10.